The van der Waals surface area contributed by atoms with Crippen LogP contribution in [0.1, 0.15) is 37.2 Å². The molecule has 0 bridgehead atoms. The van der Waals surface area contributed by atoms with Crippen LogP contribution >= 0.6 is 0 Å². The van der Waals surface area contributed by atoms with E-state index >= 15 is 0 Å². The standard InChI is InChI=1S/C12H16N2O4/c1-3-6(4-2)9-11(15)14-7-5-13-8(12(16)17)10(7)18-9/h5-6,9,13H,3-4H2,1-2H3,(H,14,15)(H,16,17). The number of carbonyl (C=O) groups is 2. The maximum atomic E-state index is 11.9. The zero-order valence-electron chi connectivity index (χ0n) is 10.3. The van der Waals surface area contributed by atoms with E-state index in [1.165, 1.54) is 6.20 Å². The SMILES string of the molecule is CCC(CC)C1Oc2c(c[nH]c2C(=O)O)NC1=O. The van der Waals surface area contributed by atoms with Gasteiger partial charge in [-0.2, -0.15) is 0 Å². The fourth-order valence-corrected chi connectivity index (χ4v) is 2.20. The van der Waals surface area contributed by atoms with Gasteiger partial charge < -0.3 is 20.1 Å². The Labute approximate surface area is 104 Å². The molecule has 1 amide bonds. The van der Waals surface area contributed by atoms with E-state index in [0.717, 1.165) is 12.8 Å². The lowest BCUT2D eigenvalue weighted by Crippen LogP contribution is -2.42. The van der Waals surface area contributed by atoms with Crippen LogP contribution in [0.15, 0.2) is 6.20 Å². The number of carboxylic acids is 1. The van der Waals surface area contributed by atoms with Gasteiger partial charge in [-0.3, -0.25) is 4.79 Å². The molecule has 0 radical (unpaired) electrons. The van der Waals surface area contributed by atoms with Gasteiger partial charge in [-0.1, -0.05) is 13.8 Å². The van der Waals surface area contributed by atoms with Crippen LogP contribution in [0.3, 0.4) is 0 Å². The van der Waals surface area contributed by atoms with E-state index in [0.29, 0.717) is 5.69 Å². The third kappa shape index (κ3) is 1.94. The fourth-order valence-electron chi connectivity index (χ4n) is 2.20. The van der Waals surface area contributed by atoms with Gasteiger partial charge in [0.05, 0.1) is 0 Å². The van der Waals surface area contributed by atoms with Crippen molar-refractivity contribution in [2.24, 2.45) is 5.92 Å². The van der Waals surface area contributed by atoms with Crippen LogP contribution in [0.4, 0.5) is 5.69 Å². The molecule has 1 unspecified atom stereocenters. The van der Waals surface area contributed by atoms with E-state index < -0.39 is 12.1 Å². The molecule has 98 valence electrons. The molecule has 1 aromatic rings. The molecule has 1 aliphatic heterocycles. The van der Waals surface area contributed by atoms with Crippen LogP contribution in [-0.4, -0.2) is 28.1 Å². The number of nitrogens with one attached hydrogen (secondary N) is 2. The number of anilines is 1. The van der Waals surface area contributed by atoms with Crippen molar-refractivity contribution in [1.82, 2.24) is 4.98 Å². The van der Waals surface area contributed by atoms with Gasteiger partial charge >= 0.3 is 5.97 Å². The topological polar surface area (TPSA) is 91.4 Å². The maximum Gasteiger partial charge on any atom is 0.356 e. The molecule has 0 spiro atoms. The average Bonchev–Trinajstić information content (AvgIpc) is 2.73. The Balaban J connectivity index is 2.32. The van der Waals surface area contributed by atoms with Gasteiger partial charge in [0, 0.05) is 12.1 Å². The first kappa shape index (κ1) is 12.5. The summed E-state index contributed by atoms with van der Waals surface area (Å²) in [7, 11) is 0. The first-order chi connectivity index (χ1) is 8.58. The van der Waals surface area contributed by atoms with Crippen molar-refractivity contribution in [2.75, 3.05) is 5.32 Å². The molecule has 0 saturated carbocycles. The Morgan fingerprint density at radius 2 is 2.17 bits per heavy atom. The summed E-state index contributed by atoms with van der Waals surface area (Å²) in [4.78, 5) is 25.5. The molecule has 18 heavy (non-hydrogen) atoms. The highest BCUT2D eigenvalue weighted by atomic mass is 16.5. The second-order valence-electron chi connectivity index (χ2n) is 4.32. The minimum Gasteiger partial charge on any atom is -0.476 e. The van der Waals surface area contributed by atoms with Crippen molar-refractivity contribution in [3.63, 3.8) is 0 Å². The Morgan fingerprint density at radius 1 is 1.50 bits per heavy atom. The van der Waals surface area contributed by atoms with Crippen LogP contribution in [0.25, 0.3) is 0 Å². The van der Waals surface area contributed by atoms with E-state index in [2.05, 4.69) is 10.3 Å². The lowest BCUT2D eigenvalue weighted by Gasteiger charge is -2.29. The number of ether oxygens (including phenoxy) is 1. The summed E-state index contributed by atoms with van der Waals surface area (Å²) >= 11 is 0. The van der Waals surface area contributed by atoms with Crippen molar-refractivity contribution in [2.45, 2.75) is 32.8 Å². The Morgan fingerprint density at radius 3 is 2.72 bits per heavy atom. The van der Waals surface area contributed by atoms with Crippen LogP contribution in [-0.2, 0) is 4.79 Å². The summed E-state index contributed by atoms with van der Waals surface area (Å²) in [6.45, 7) is 3.96. The molecule has 2 heterocycles. The summed E-state index contributed by atoms with van der Waals surface area (Å²) in [6, 6.07) is 0. The van der Waals surface area contributed by atoms with Crippen molar-refractivity contribution in [3.05, 3.63) is 11.9 Å². The van der Waals surface area contributed by atoms with E-state index in [9.17, 15) is 9.59 Å². The summed E-state index contributed by atoms with van der Waals surface area (Å²) in [5.74, 6) is -1.02. The summed E-state index contributed by atoms with van der Waals surface area (Å²) in [6.07, 6.45) is 2.41. The molecule has 0 fully saturated rings. The summed E-state index contributed by atoms with van der Waals surface area (Å²) in [5.41, 5.74) is 0.362. The molecular weight excluding hydrogens is 236 g/mol. The second-order valence-corrected chi connectivity index (χ2v) is 4.32. The van der Waals surface area contributed by atoms with Gasteiger partial charge in [-0.15, -0.1) is 0 Å². The normalized spacial score (nSPS) is 18.2. The molecule has 3 N–H and O–H groups in total. The number of fused-ring (bicyclic) bond motifs is 1. The lowest BCUT2D eigenvalue weighted by molar-refractivity contribution is -0.126. The molecular formula is C12H16N2O4. The number of carbonyl (C=O) groups excluding carboxylic acids is 1. The van der Waals surface area contributed by atoms with Gasteiger partial charge in [0.25, 0.3) is 5.91 Å². The average molecular weight is 252 g/mol. The van der Waals surface area contributed by atoms with Crippen LogP contribution in [0.2, 0.25) is 0 Å². The predicted octanol–water partition coefficient (Wildman–Crippen LogP) is 1.85. The Hall–Kier alpha value is -1.98. The largest absolute Gasteiger partial charge is 0.476 e. The minimum atomic E-state index is -1.10. The van der Waals surface area contributed by atoms with Crippen LogP contribution < -0.4 is 10.1 Å². The first-order valence-electron chi connectivity index (χ1n) is 6.00. The van der Waals surface area contributed by atoms with Gasteiger partial charge in [0.15, 0.2) is 17.5 Å². The van der Waals surface area contributed by atoms with E-state index in [1.54, 1.807) is 0 Å². The van der Waals surface area contributed by atoms with Crippen molar-refractivity contribution < 1.29 is 19.4 Å². The number of aromatic amines is 1. The van der Waals surface area contributed by atoms with Gasteiger partial charge in [-0.25, -0.2) is 4.79 Å². The van der Waals surface area contributed by atoms with Crippen molar-refractivity contribution in [1.29, 1.82) is 0 Å². The number of carboxylic acid groups (broad SMARTS) is 1. The van der Waals surface area contributed by atoms with E-state index in [1.807, 2.05) is 13.8 Å². The maximum absolute atomic E-state index is 11.9. The Kier molecular flexibility index (Phi) is 3.27. The number of rotatable bonds is 4. The molecule has 0 saturated heterocycles. The minimum absolute atomic E-state index is 0.0269. The quantitative estimate of drug-likeness (QED) is 0.762. The number of hydrogen-bond donors (Lipinski definition) is 3. The van der Waals surface area contributed by atoms with Crippen LogP contribution in [0, 0.1) is 5.92 Å². The smallest absolute Gasteiger partial charge is 0.356 e. The molecule has 0 aromatic carbocycles. The molecule has 0 aliphatic carbocycles. The molecule has 6 nitrogen and oxygen atoms in total. The van der Waals surface area contributed by atoms with E-state index in [4.69, 9.17) is 9.84 Å². The fraction of sp³-hybridized carbons (Fsp3) is 0.500. The third-order valence-electron chi connectivity index (χ3n) is 3.28. The highest BCUT2D eigenvalue weighted by Gasteiger charge is 2.36. The lowest BCUT2D eigenvalue weighted by atomic mass is 9.95. The van der Waals surface area contributed by atoms with Crippen molar-refractivity contribution in [3.8, 4) is 5.75 Å². The molecule has 6 heteroatoms. The van der Waals surface area contributed by atoms with Crippen molar-refractivity contribution >= 4 is 17.6 Å². The molecule has 2 rings (SSSR count). The summed E-state index contributed by atoms with van der Waals surface area (Å²) < 4.78 is 5.60. The monoisotopic (exact) mass is 252 g/mol. The molecule has 1 aliphatic rings. The van der Waals surface area contributed by atoms with E-state index in [-0.39, 0.29) is 23.3 Å². The number of H-pyrrole nitrogens is 1. The van der Waals surface area contributed by atoms with Gasteiger partial charge in [0.2, 0.25) is 0 Å². The van der Waals surface area contributed by atoms with Gasteiger partial charge in [0.1, 0.15) is 5.69 Å². The van der Waals surface area contributed by atoms with Gasteiger partial charge in [-0.05, 0) is 12.8 Å². The second kappa shape index (κ2) is 4.72. The zero-order valence-corrected chi connectivity index (χ0v) is 10.3. The summed E-state index contributed by atoms with van der Waals surface area (Å²) in [5, 5.41) is 11.7. The molecule has 1 atom stereocenters. The highest BCUT2D eigenvalue weighted by molar-refractivity contribution is 6.01. The predicted molar refractivity (Wildman–Crippen MR) is 64.9 cm³/mol. The van der Waals surface area contributed by atoms with Crippen LogP contribution in [0.5, 0.6) is 5.75 Å². The number of amides is 1. The first-order valence-corrected chi connectivity index (χ1v) is 6.00. The third-order valence-corrected chi connectivity index (χ3v) is 3.28. The zero-order chi connectivity index (χ0) is 13.3. The number of hydrogen-bond acceptors (Lipinski definition) is 3. The number of aromatic nitrogens is 1. The Bertz CT molecular complexity index is 476. The number of aromatic carboxylic acids is 1. The molecule has 1 aromatic heterocycles. The highest BCUT2D eigenvalue weighted by Crippen LogP contribution is 2.35.